The van der Waals surface area contributed by atoms with Gasteiger partial charge in [0.2, 0.25) is 12.7 Å². The van der Waals surface area contributed by atoms with E-state index in [4.69, 9.17) is 42.8 Å². The Morgan fingerprint density at radius 1 is 1.12 bits per heavy atom. The zero-order valence-corrected chi connectivity index (χ0v) is 21.0. The molecule has 33 heavy (non-hydrogen) atoms. The summed E-state index contributed by atoms with van der Waals surface area (Å²) in [4.78, 5) is 7.17. The number of halogens is 3. The van der Waals surface area contributed by atoms with Gasteiger partial charge in [0, 0.05) is 11.6 Å². The van der Waals surface area contributed by atoms with E-state index in [1.165, 1.54) is 18.4 Å². The monoisotopic (exact) mass is 508 g/mol. The first-order valence-electron chi connectivity index (χ1n) is 11.1. The highest BCUT2D eigenvalue weighted by molar-refractivity contribution is 6.35. The molecule has 0 spiro atoms. The first-order chi connectivity index (χ1) is 15.5. The van der Waals surface area contributed by atoms with Crippen LogP contribution in [-0.2, 0) is 0 Å². The van der Waals surface area contributed by atoms with Crippen molar-refractivity contribution < 1.29 is 9.47 Å². The van der Waals surface area contributed by atoms with Crippen molar-refractivity contribution in [2.75, 3.05) is 18.2 Å². The van der Waals surface area contributed by atoms with Gasteiger partial charge in [-0.25, -0.2) is 4.68 Å². The molecule has 176 valence electrons. The third-order valence-corrected chi connectivity index (χ3v) is 6.57. The summed E-state index contributed by atoms with van der Waals surface area (Å²) in [5, 5.41) is 6.02. The Balaban J connectivity index is 0.00000259. The van der Waals surface area contributed by atoms with E-state index in [2.05, 4.69) is 24.0 Å². The molecule has 0 amide bonds. The fourth-order valence-corrected chi connectivity index (χ4v) is 4.74. The van der Waals surface area contributed by atoms with Crippen LogP contribution < -0.4 is 14.4 Å². The van der Waals surface area contributed by atoms with Crippen LogP contribution in [-0.4, -0.2) is 28.1 Å². The summed E-state index contributed by atoms with van der Waals surface area (Å²) in [5.41, 5.74) is 1.97. The van der Waals surface area contributed by atoms with Gasteiger partial charge in [0.1, 0.15) is 5.82 Å². The second-order valence-corrected chi connectivity index (χ2v) is 9.31. The molecule has 1 saturated carbocycles. The molecule has 1 aliphatic carbocycles. The van der Waals surface area contributed by atoms with E-state index in [0.29, 0.717) is 16.0 Å². The molecule has 5 rings (SSSR count). The Morgan fingerprint density at radius 2 is 1.91 bits per heavy atom. The maximum atomic E-state index is 6.46. The standard InChI is InChI=1S/C24H26Cl2N4O2.ClH/c1-3-10-29(24-27-15(2)30(28-24)20-8-7-18(25)13-19(20)26)21(11-16-4-5-16)17-6-9-22-23(12-17)32-14-31-22;/h6-9,12-13,16,21H,3-5,10-11,14H2,1-2H3;1H/t21-;/m0./s1. The lowest BCUT2D eigenvalue weighted by molar-refractivity contribution is 0.174. The van der Waals surface area contributed by atoms with Gasteiger partial charge in [-0.2, -0.15) is 4.98 Å². The van der Waals surface area contributed by atoms with Crippen LogP contribution in [0.3, 0.4) is 0 Å². The highest BCUT2D eigenvalue weighted by Gasteiger charge is 2.32. The minimum absolute atomic E-state index is 0. The average molecular weight is 510 g/mol. The molecule has 2 aliphatic rings. The predicted octanol–water partition coefficient (Wildman–Crippen LogP) is 6.79. The van der Waals surface area contributed by atoms with Crippen LogP contribution in [0.5, 0.6) is 11.5 Å². The molecule has 3 aromatic rings. The van der Waals surface area contributed by atoms with E-state index in [0.717, 1.165) is 48.3 Å². The summed E-state index contributed by atoms with van der Waals surface area (Å²) >= 11 is 12.6. The van der Waals surface area contributed by atoms with Crippen LogP contribution in [0.1, 0.15) is 50.0 Å². The number of ether oxygens (including phenoxy) is 2. The van der Waals surface area contributed by atoms with E-state index in [1.807, 2.05) is 25.1 Å². The molecule has 2 aromatic carbocycles. The second kappa shape index (κ2) is 10.00. The molecule has 1 atom stereocenters. The molecule has 0 bridgehead atoms. The van der Waals surface area contributed by atoms with Crippen molar-refractivity contribution in [1.82, 2.24) is 14.8 Å². The number of hydrogen-bond acceptors (Lipinski definition) is 5. The molecule has 9 heteroatoms. The van der Waals surface area contributed by atoms with Crippen molar-refractivity contribution in [3.05, 3.63) is 57.8 Å². The fourth-order valence-electron chi connectivity index (χ4n) is 4.25. The normalized spacial score (nSPS) is 15.3. The molecule has 1 aromatic heterocycles. The van der Waals surface area contributed by atoms with E-state index in [1.54, 1.807) is 10.7 Å². The third-order valence-electron chi connectivity index (χ3n) is 6.03. The Hall–Kier alpha value is -2.15. The molecular formula is C24H27Cl3N4O2. The number of benzene rings is 2. The van der Waals surface area contributed by atoms with Gasteiger partial charge in [0.05, 0.1) is 16.8 Å². The molecule has 0 saturated heterocycles. The minimum atomic E-state index is 0. The van der Waals surface area contributed by atoms with E-state index in [-0.39, 0.29) is 25.2 Å². The topological polar surface area (TPSA) is 52.4 Å². The van der Waals surface area contributed by atoms with Crippen molar-refractivity contribution in [2.45, 2.75) is 45.6 Å². The molecule has 2 heterocycles. The van der Waals surface area contributed by atoms with Crippen LogP contribution in [0.25, 0.3) is 5.69 Å². The van der Waals surface area contributed by atoms with Crippen LogP contribution in [0.2, 0.25) is 10.0 Å². The first kappa shape index (κ1) is 24.0. The number of anilines is 1. The Kier molecular flexibility index (Phi) is 7.27. The quantitative estimate of drug-likeness (QED) is 0.334. The highest BCUT2D eigenvalue weighted by atomic mass is 35.5. The van der Waals surface area contributed by atoms with Gasteiger partial charge in [-0.1, -0.05) is 49.0 Å². The minimum Gasteiger partial charge on any atom is -0.454 e. The van der Waals surface area contributed by atoms with Gasteiger partial charge >= 0.3 is 0 Å². The molecular weight excluding hydrogens is 483 g/mol. The van der Waals surface area contributed by atoms with Gasteiger partial charge in [-0.05, 0) is 61.6 Å². The lowest BCUT2D eigenvalue weighted by Gasteiger charge is -2.31. The fraction of sp³-hybridized carbons (Fsp3) is 0.417. The van der Waals surface area contributed by atoms with Crippen LogP contribution in [0.15, 0.2) is 36.4 Å². The number of aryl methyl sites for hydroxylation is 1. The maximum absolute atomic E-state index is 6.46. The number of nitrogens with zero attached hydrogens (tertiary/aromatic N) is 4. The van der Waals surface area contributed by atoms with Gasteiger partial charge in [0.15, 0.2) is 11.5 Å². The summed E-state index contributed by atoms with van der Waals surface area (Å²) in [6.45, 7) is 5.25. The van der Waals surface area contributed by atoms with E-state index < -0.39 is 0 Å². The van der Waals surface area contributed by atoms with Crippen molar-refractivity contribution in [1.29, 1.82) is 0 Å². The predicted molar refractivity (Wildman–Crippen MR) is 134 cm³/mol. The second-order valence-electron chi connectivity index (χ2n) is 8.47. The molecule has 1 aliphatic heterocycles. The summed E-state index contributed by atoms with van der Waals surface area (Å²) in [6, 6.07) is 11.8. The number of fused-ring (bicyclic) bond motifs is 1. The Bertz CT molecular complexity index is 1130. The zero-order valence-electron chi connectivity index (χ0n) is 18.6. The zero-order chi connectivity index (χ0) is 22.2. The smallest absolute Gasteiger partial charge is 0.245 e. The lowest BCUT2D eigenvalue weighted by Crippen LogP contribution is -2.31. The van der Waals surface area contributed by atoms with Crippen molar-refractivity contribution in [3.8, 4) is 17.2 Å². The first-order valence-corrected chi connectivity index (χ1v) is 11.8. The maximum Gasteiger partial charge on any atom is 0.245 e. The molecule has 0 unspecified atom stereocenters. The lowest BCUT2D eigenvalue weighted by atomic mass is 9.98. The van der Waals surface area contributed by atoms with Crippen molar-refractivity contribution in [2.24, 2.45) is 5.92 Å². The van der Waals surface area contributed by atoms with Gasteiger partial charge in [-0.3, -0.25) is 0 Å². The summed E-state index contributed by atoms with van der Waals surface area (Å²) in [6.07, 6.45) is 4.61. The van der Waals surface area contributed by atoms with Crippen molar-refractivity contribution in [3.63, 3.8) is 0 Å². The molecule has 1 fully saturated rings. The molecule has 0 radical (unpaired) electrons. The van der Waals surface area contributed by atoms with Crippen LogP contribution >= 0.6 is 35.6 Å². The summed E-state index contributed by atoms with van der Waals surface area (Å²) in [7, 11) is 0. The largest absolute Gasteiger partial charge is 0.454 e. The van der Waals surface area contributed by atoms with Gasteiger partial charge < -0.3 is 14.4 Å². The van der Waals surface area contributed by atoms with Crippen LogP contribution in [0.4, 0.5) is 5.95 Å². The van der Waals surface area contributed by atoms with Crippen molar-refractivity contribution >= 4 is 41.6 Å². The van der Waals surface area contributed by atoms with Gasteiger partial charge in [-0.15, -0.1) is 17.5 Å². The summed E-state index contributed by atoms with van der Waals surface area (Å²) in [5.74, 6) is 3.83. The van der Waals surface area contributed by atoms with Crippen LogP contribution in [0, 0.1) is 12.8 Å². The molecule has 6 nitrogen and oxygen atoms in total. The number of rotatable bonds is 8. The van der Waals surface area contributed by atoms with Gasteiger partial charge in [0.25, 0.3) is 0 Å². The highest BCUT2D eigenvalue weighted by Crippen LogP contribution is 2.43. The Labute approximate surface area is 210 Å². The Morgan fingerprint density at radius 3 is 2.64 bits per heavy atom. The molecule has 0 N–H and O–H groups in total. The average Bonchev–Trinajstić information content (AvgIpc) is 3.33. The SMILES string of the molecule is CCCN(c1nc(C)n(-c2ccc(Cl)cc2Cl)n1)[C@@H](CC1CC1)c1ccc2c(c1)OCO2.Cl. The summed E-state index contributed by atoms with van der Waals surface area (Å²) < 4.78 is 13.0. The number of hydrogen-bond donors (Lipinski definition) is 0. The van der Waals surface area contributed by atoms with E-state index >= 15 is 0 Å². The van der Waals surface area contributed by atoms with E-state index in [9.17, 15) is 0 Å². The third kappa shape index (κ3) is 5.03. The number of aromatic nitrogens is 3.